The lowest BCUT2D eigenvalue weighted by Crippen LogP contribution is -2.17. The summed E-state index contributed by atoms with van der Waals surface area (Å²) in [7, 11) is 4.16. The Morgan fingerprint density at radius 2 is 1.82 bits per heavy atom. The van der Waals surface area contributed by atoms with Gasteiger partial charge in [-0.25, -0.2) is 0 Å². The highest BCUT2D eigenvalue weighted by molar-refractivity contribution is 5.45. The maximum atomic E-state index is 3.56. The molecule has 0 saturated heterocycles. The first kappa shape index (κ1) is 12.4. The minimum atomic E-state index is 0.856. The Hall–Kier alpha value is -1.02. The molecule has 0 amide bonds. The van der Waals surface area contributed by atoms with E-state index in [0.717, 1.165) is 6.04 Å². The van der Waals surface area contributed by atoms with Gasteiger partial charge in [0.2, 0.25) is 0 Å². The number of anilines is 1. The molecule has 1 aliphatic carbocycles. The number of rotatable bonds is 7. The van der Waals surface area contributed by atoms with E-state index in [4.69, 9.17) is 0 Å². The summed E-state index contributed by atoms with van der Waals surface area (Å²) in [6, 6.07) is 9.78. The van der Waals surface area contributed by atoms with Gasteiger partial charge < -0.3 is 10.2 Å². The standard InChI is InChI=1S/C15H24N2/c1-17(2)15-10-6-13(7-11-15)5-3-4-12-16-14-8-9-14/h6-7,10-11,14,16H,3-5,8-9,12H2,1-2H3. The number of nitrogens with zero attached hydrogens (tertiary/aromatic N) is 1. The maximum absolute atomic E-state index is 3.56. The molecule has 0 aromatic heterocycles. The molecule has 0 unspecified atom stereocenters. The minimum Gasteiger partial charge on any atom is -0.378 e. The Morgan fingerprint density at radius 3 is 2.41 bits per heavy atom. The second-order valence-electron chi connectivity index (χ2n) is 5.25. The van der Waals surface area contributed by atoms with E-state index in [9.17, 15) is 0 Å². The second-order valence-corrected chi connectivity index (χ2v) is 5.25. The number of benzene rings is 1. The summed E-state index contributed by atoms with van der Waals surface area (Å²) in [4.78, 5) is 2.14. The van der Waals surface area contributed by atoms with E-state index in [-0.39, 0.29) is 0 Å². The maximum Gasteiger partial charge on any atom is 0.0361 e. The molecule has 2 rings (SSSR count). The molecule has 0 heterocycles. The Bertz CT molecular complexity index is 325. The summed E-state index contributed by atoms with van der Waals surface area (Å²) in [6.07, 6.45) is 6.59. The van der Waals surface area contributed by atoms with Crippen LogP contribution in [0.15, 0.2) is 24.3 Å². The molecule has 0 spiro atoms. The lowest BCUT2D eigenvalue weighted by molar-refractivity contribution is 0.620. The highest BCUT2D eigenvalue weighted by Gasteiger charge is 2.19. The van der Waals surface area contributed by atoms with Gasteiger partial charge in [0.05, 0.1) is 0 Å². The molecule has 1 aliphatic rings. The van der Waals surface area contributed by atoms with E-state index in [1.54, 1.807) is 0 Å². The predicted octanol–water partition coefficient (Wildman–Crippen LogP) is 2.83. The van der Waals surface area contributed by atoms with Crippen molar-refractivity contribution in [2.24, 2.45) is 0 Å². The molecule has 1 saturated carbocycles. The van der Waals surface area contributed by atoms with Crippen LogP contribution in [0.3, 0.4) is 0 Å². The highest BCUT2D eigenvalue weighted by Crippen LogP contribution is 2.18. The third kappa shape index (κ3) is 4.39. The van der Waals surface area contributed by atoms with Crippen LogP contribution in [-0.2, 0) is 6.42 Å². The Morgan fingerprint density at radius 1 is 1.12 bits per heavy atom. The monoisotopic (exact) mass is 232 g/mol. The van der Waals surface area contributed by atoms with Crippen LogP contribution in [0.4, 0.5) is 5.69 Å². The smallest absolute Gasteiger partial charge is 0.0361 e. The molecule has 2 nitrogen and oxygen atoms in total. The van der Waals surface area contributed by atoms with E-state index in [1.807, 2.05) is 0 Å². The molecule has 0 atom stereocenters. The highest BCUT2D eigenvalue weighted by atomic mass is 15.1. The molecular weight excluding hydrogens is 208 g/mol. The van der Waals surface area contributed by atoms with E-state index < -0.39 is 0 Å². The fourth-order valence-corrected chi connectivity index (χ4v) is 2.01. The molecular formula is C15H24N2. The van der Waals surface area contributed by atoms with Gasteiger partial charge in [-0.3, -0.25) is 0 Å². The lowest BCUT2D eigenvalue weighted by Gasteiger charge is -2.12. The minimum absolute atomic E-state index is 0.856. The van der Waals surface area contributed by atoms with Gasteiger partial charge in [0.15, 0.2) is 0 Å². The summed E-state index contributed by atoms with van der Waals surface area (Å²) >= 11 is 0. The number of hydrogen-bond acceptors (Lipinski definition) is 2. The Kier molecular flexibility index (Phi) is 4.43. The molecule has 17 heavy (non-hydrogen) atoms. The van der Waals surface area contributed by atoms with E-state index in [0.29, 0.717) is 0 Å². The van der Waals surface area contributed by atoms with Gasteiger partial charge in [0.1, 0.15) is 0 Å². The molecule has 94 valence electrons. The zero-order chi connectivity index (χ0) is 12.1. The van der Waals surface area contributed by atoms with Crippen molar-refractivity contribution in [3.05, 3.63) is 29.8 Å². The van der Waals surface area contributed by atoms with Crippen molar-refractivity contribution in [1.29, 1.82) is 0 Å². The van der Waals surface area contributed by atoms with Crippen molar-refractivity contribution in [1.82, 2.24) is 5.32 Å². The summed E-state index contributed by atoms with van der Waals surface area (Å²) in [5.74, 6) is 0. The van der Waals surface area contributed by atoms with Gasteiger partial charge in [0.25, 0.3) is 0 Å². The van der Waals surface area contributed by atoms with Gasteiger partial charge in [0, 0.05) is 25.8 Å². The van der Waals surface area contributed by atoms with Crippen LogP contribution in [0.1, 0.15) is 31.2 Å². The summed E-state index contributed by atoms with van der Waals surface area (Å²) in [5, 5.41) is 3.56. The number of unbranched alkanes of at least 4 members (excludes halogenated alkanes) is 1. The predicted molar refractivity (Wildman–Crippen MR) is 74.7 cm³/mol. The van der Waals surface area contributed by atoms with Crippen LogP contribution >= 0.6 is 0 Å². The first-order valence-electron chi connectivity index (χ1n) is 6.75. The zero-order valence-corrected chi connectivity index (χ0v) is 11.1. The van der Waals surface area contributed by atoms with Crippen LogP contribution in [0, 0.1) is 0 Å². The van der Waals surface area contributed by atoms with Crippen LogP contribution < -0.4 is 10.2 Å². The molecule has 2 heteroatoms. The fourth-order valence-electron chi connectivity index (χ4n) is 2.01. The molecule has 0 aliphatic heterocycles. The number of nitrogens with one attached hydrogen (secondary N) is 1. The lowest BCUT2D eigenvalue weighted by atomic mass is 10.1. The second kappa shape index (κ2) is 6.06. The Labute approximate surface area is 105 Å². The third-order valence-corrected chi connectivity index (χ3v) is 3.36. The average Bonchev–Trinajstić information content (AvgIpc) is 3.13. The SMILES string of the molecule is CN(C)c1ccc(CCCCNC2CC2)cc1. The summed E-state index contributed by atoms with van der Waals surface area (Å²) in [5.41, 5.74) is 2.74. The summed E-state index contributed by atoms with van der Waals surface area (Å²) in [6.45, 7) is 1.19. The van der Waals surface area contributed by atoms with Crippen molar-refractivity contribution in [2.45, 2.75) is 38.1 Å². The molecule has 1 aromatic carbocycles. The largest absolute Gasteiger partial charge is 0.378 e. The first-order valence-corrected chi connectivity index (χ1v) is 6.75. The zero-order valence-electron chi connectivity index (χ0n) is 11.1. The number of hydrogen-bond donors (Lipinski definition) is 1. The van der Waals surface area contributed by atoms with Crippen molar-refractivity contribution in [3.63, 3.8) is 0 Å². The van der Waals surface area contributed by atoms with Gasteiger partial charge in [-0.05, 0) is 56.3 Å². The van der Waals surface area contributed by atoms with E-state index in [2.05, 4.69) is 48.6 Å². The first-order chi connectivity index (χ1) is 8.25. The van der Waals surface area contributed by atoms with Gasteiger partial charge >= 0.3 is 0 Å². The van der Waals surface area contributed by atoms with Gasteiger partial charge in [-0.15, -0.1) is 0 Å². The van der Waals surface area contributed by atoms with Crippen molar-refractivity contribution in [2.75, 3.05) is 25.5 Å². The van der Waals surface area contributed by atoms with Crippen LogP contribution in [-0.4, -0.2) is 26.7 Å². The normalized spacial score (nSPS) is 14.9. The van der Waals surface area contributed by atoms with Crippen molar-refractivity contribution >= 4 is 5.69 Å². The van der Waals surface area contributed by atoms with E-state index in [1.165, 1.54) is 49.9 Å². The van der Waals surface area contributed by atoms with Gasteiger partial charge in [-0.2, -0.15) is 0 Å². The topological polar surface area (TPSA) is 15.3 Å². The van der Waals surface area contributed by atoms with Crippen molar-refractivity contribution in [3.8, 4) is 0 Å². The molecule has 0 bridgehead atoms. The van der Waals surface area contributed by atoms with Crippen LogP contribution in [0.2, 0.25) is 0 Å². The van der Waals surface area contributed by atoms with Gasteiger partial charge in [-0.1, -0.05) is 12.1 Å². The van der Waals surface area contributed by atoms with E-state index >= 15 is 0 Å². The molecule has 0 radical (unpaired) electrons. The number of aryl methyl sites for hydroxylation is 1. The fraction of sp³-hybridized carbons (Fsp3) is 0.600. The van der Waals surface area contributed by atoms with Crippen LogP contribution in [0.5, 0.6) is 0 Å². The molecule has 1 N–H and O–H groups in total. The van der Waals surface area contributed by atoms with Crippen molar-refractivity contribution < 1.29 is 0 Å². The summed E-state index contributed by atoms with van der Waals surface area (Å²) < 4.78 is 0. The van der Waals surface area contributed by atoms with Crippen LogP contribution in [0.25, 0.3) is 0 Å². The Balaban J connectivity index is 1.63. The quantitative estimate of drug-likeness (QED) is 0.727. The molecule has 1 aromatic rings. The third-order valence-electron chi connectivity index (χ3n) is 3.36. The average molecular weight is 232 g/mol. The molecule has 1 fully saturated rings.